The lowest BCUT2D eigenvalue weighted by atomic mass is 9.93. The second-order valence-corrected chi connectivity index (χ2v) is 8.16. The minimum atomic E-state index is -0.304. The first-order valence-corrected chi connectivity index (χ1v) is 9.68. The van der Waals surface area contributed by atoms with Gasteiger partial charge in [0.05, 0.1) is 18.3 Å². The highest BCUT2D eigenvalue weighted by molar-refractivity contribution is 14.0. The summed E-state index contributed by atoms with van der Waals surface area (Å²) in [5, 5.41) is 7.47. The number of nitrogens with one attached hydrogen (secondary N) is 2. The molecule has 0 spiro atoms. The average Bonchev–Trinajstić information content (AvgIpc) is 2.88. The Kier molecular flexibility index (Phi) is 11.3. The smallest absolute Gasteiger partial charge is 0.350 e. The van der Waals surface area contributed by atoms with E-state index in [9.17, 15) is 4.79 Å². The van der Waals surface area contributed by atoms with Crippen molar-refractivity contribution in [2.24, 2.45) is 10.4 Å². The molecule has 26 heavy (non-hydrogen) atoms. The second-order valence-electron chi connectivity index (χ2n) is 7.12. The summed E-state index contributed by atoms with van der Waals surface area (Å²) in [6.45, 7) is 16.2. The summed E-state index contributed by atoms with van der Waals surface area (Å²) in [5.41, 5.74) is 0.967. The molecule has 8 heteroatoms. The number of rotatable bonds is 7. The van der Waals surface area contributed by atoms with Crippen LogP contribution in [0.1, 0.15) is 74.4 Å². The number of hydrogen-bond donors (Lipinski definition) is 2. The largest absolute Gasteiger partial charge is 0.462 e. The van der Waals surface area contributed by atoms with E-state index in [4.69, 9.17) is 4.74 Å². The van der Waals surface area contributed by atoms with Gasteiger partial charge in [-0.05, 0) is 39.5 Å². The second kappa shape index (κ2) is 11.7. The predicted octanol–water partition coefficient (Wildman–Crippen LogP) is 4.30. The molecule has 0 saturated carbocycles. The molecule has 6 nitrogen and oxygen atoms in total. The molecule has 0 aliphatic rings. The highest BCUT2D eigenvalue weighted by Gasteiger charge is 2.20. The Bertz CT molecular complexity index is 597. The van der Waals surface area contributed by atoms with Crippen LogP contribution >= 0.6 is 35.3 Å². The maximum absolute atomic E-state index is 12.0. The molecule has 150 valence electrons. The first-order valence-electron chi connectivity index (χ1n) is 8.87. The summed E-state index contributed by atoms with van der Waals surface area (Å²) >= 11 is 1.37. The van der Waals surface area contributed by atoms with E-state index in [0.717, 1.165) is 30.5 Å². The molecule has 0 radical (unpaired) electrons. The van der Waals surface area contributed by atoms with Gasteiger partial charge in [0.2, 0.25) is 0 Å². The maximum atomic E-state index is 12.0. The normalized spacial score (nSPS) is 13.0. The van der Waals surface area contributed by atoms with Crippen molar-refractivity contribution in [2.75, 3.05) is 19.7 Å². The van der Waals surface area contributed by atoms with E-state index < -0.39 is 0 Å². The Hall–Kier alpha value is -0.900. The van der Waals surface area contributed by atoms with Crippen LogP contribution in [0.5, 0.6) is 0 Å². The van der Waals surface area contributed by atoms with Crippen LogP contribution in [0.2, 0.25) is 0 Å². The zero-order chi connectivity index (χ0) is 19.0. The lowest BCUT2D eigenvalue weighted by Crippen LogP contribution is -2.39. The minimum Gasteiger partial charge on any atom is -0.462 e. The van der Waals surface area contributed by atoms with Crippen LogP contribution in [0, 0.1) is 12.3 Å². The van der Waals surface area contributed by atoms with Gasteiger partial charge in [-0.2, -0.15) is 0 Å². The number of guanidine groups is 1. The molecular formula is C18H33IN4O2S. The molecule has 0 saturated heterocycles. The van der Waals surface area contributed by atoms with E-state index in [1.165, 1.54) is 11.3 Å². The van der Waals surface area contributed by atoms with Gasteiger partial charge in [-0.15, -0.1) is 35.3 Å². The lowest BCUT2D eigenvalue weighted by molar-refractivity contribution is 0.0531. The van der Waals surface area contributed by atoms with Crippen molar-refractivity contribution in [1.82, 2.24) is 15.6 Å². The van der Waals surface area contributed by atoms with E-state index in [2.05, 4.69) is 41.4 Å². The number of hydrogen-bond acceptors (Lipinski definition) is 5. The van der Waals surface area contributed by atoms with Gasteiger partial charge < -0.3 is 15.4 Å². The molecule has 1 atom stereocenters. The van der Waals surface area contributed by atoms with Gasteiger partial charge in [-0.25, -0.2) is 9.78 Å². The third-order valence-corrected chi connectivity index (χ3v) is 4.79. The molecule has 0 bridgehead atoms. The third kappa shape index (κ3) is 8.66. The van der Waals surface area contributed by atoms with E-state index in [-0.39, 0.29) is 41.4 Å². The van der Waals surface area contributed by atoms with Crippen molar-refractivity contribution in [3.05, 3.63) is 15.6 Å². The van der Waals surface area contributed by atoms with Crippen molar-refractivity contribution in [3.8, 4) is 0 Å². The zero-order valence-electron chi connectivity index (χ0n) is 16.9. The van der Waals surface area contributed by atoms with Crippen molar-refractivity contribution in [1.29, 1.82) is 0 Å². The van der Waals surface area contributed by atoms with E-state index >= 15 is 0 Å². The predicted molar refractivity (Wildman–Crippen MR) is 120 cm³/mol. The van der Waals surface area contributed by atoms with Crippen molar-refractivity contribution < 1.29 is 9.53 Å². The summed E-state index contributed by atoms with van der Waals surface area (Å²) in [4.78, 5) is 21.7. The molecular weight excluding hydrogens is 463 g/mol. The van der Waals surface area contributed by atoms with Gasteiger partial charge >= 0.3 is 5.97 Å². The molecule has 1 aromatic heterocycles. The molecule has 2 N–H and O–H groups in total. The number of carbonyl (C=O) groups is 1. The maximum Gasteiger partial charge on any atom is 0.350 e. The summed E-state index contributed by atoms with van der Waals surface area (Å²) in [6.07, 6.45) is 1.02. The van der Waals surface area contributed by atoms with Gasteiger partial charge in [0.15, 0.2) is 5.96 Å². The number of nitrogens with zero attached hydrogens (tertiary/aromatic N) is 2. The van der Waals surface area contributed by atoms with Gasteiger partial charge in [0.1, 0.15) is 9.88 Å². The molecule has 1 rings (SSSR count). The summed E-state index contributed by atoms with van der Waals surface area (Å²) in [5.74, 6) is 0.464. The van der Waals surface area contributed by atoms with Crippen LogP contribution in [-0.4, -0.2) is 36.6 Å². The van der Waals surface area contributed by atoms with Crippen molar-refractivity contribution in [3.63, 3.8) is 0 Å². The van der Waals surface area contributed by atoms with Gasteiger partial charge in [-0.3, -0.25) is 4.99 Å². The number of thiazole rings is 1. The van der Waals surface area contributed by atoms with Crippen LogP contribution in [-0.2, 0) is 4.74 Å². The molecule has 0 aliphatic heterocycles. The Morgan fingerprint density at radius 2 is 2.00 bits per heavy atom. The Morgan fingerprint density at radius 3 is 2.54 bits per heavy atom. The monoisotopic (exact) mass is 496 g/mol. The topological polar surface area (TPSA) is 75.6 Å². The molecule has 0 aromatic carbocycles. The molecule has 1 aromatic rings. The Morgan fingerprint density at radius 1 is 1.35 bits per heavy atom. The quantitative estimate of drug-likeness (QED) is 0.255. The number of carbonyl (C=O) groups excluding carboxylic acids is 1. The van der Waals surface area contributed by atoms with Crippen LogP contribution in [0.4, 0.5) is 0 Å². The molecule has 0 aliphatic carbocycles. The van der Waals surface area contributed by atoms with Crippen LogP contribution in [0.25, 0.3) is 0 Å². The fourth-order valence-corrected chi connectivity index (χ4v) is 3.04. The van der Waals surface area contributed by atoms with E-state index in [1.807, 2.05) is 20.8 Å². The fraction of sp³-hybridized carbons (Fsp3) is 0.722. The van der Waals surface area contributed by atoms with Gasteiger partial charge in [-0.1, -0.05) is 20.8 Å². The highest BCUT2D eigenvalue weighted by atomic mass is 127. The van der Waals surface area contributed by atoms with Crippen molar-refractivity contribution >= 4 is 47.2 Å². The number of halogens is 1. The van der Waals surface area contributed by atoms with Crippen LogP contribution < -0.4 is 10.6 Å². The Labute approximate surface area is 178 Å². The van der Waals surface area contributed by atoms with Gasteiger partial charge in [0.25, 0.3) is 0 Å². The van der Waals surface area contributed by atoms with E-state index in [1.54, 1.807) is 6.92 Å². The fourth-order valence-electron chi connectivity index (χ4n) is 2.08. The van der Waals surface area contributed by atoms with Crippen LogP contribution in [0.15, 0.2) is 4.99 Å². The number of aliphatic imine (C=N–C) groups is 1. The first-order chi connectivity index (χ1) is 11.7. The molecule has 0 fully saturated rings. The zero-order valence-corrected chi connectivity index (χ0v) is 20.1. The summed E-state index contributed by atoms with van der Waals surface area (Å²) < 4.78 is 5.08. The van der Waals surface area contributed by atoms with Crippen molar-refractivity contribution in [2.45, 2.75) is 60.9 Å². The highest BCUT2D eigenvalue weighted by Crippen LogP contribution is 2.24. The average molecular weight is 496 g/mol. The van der Waals surface area contributed by atoms with Gasteiger partial charge in [0, 0.05) is 13.1 Å². The standard InChI is InChI=1S/C18H32N4O2S.HI/c1-8-19-17(20-11-10-18(5,6)7)22-13(4)15-21-12(3)14(25-15)16(23)24-9-2;/h13H,8-11H2,1-7H3,(H2,19,20,22);1H. The minimum absolute atomic E-state index is 0. The lowest BCUT2D eigenvalue weighted by Gasteiger charge is -2.18. The van der Waals surface area contributed by atoms with Crippen LogP contribution in [0.3, 0.4) is 0 Å². The Balaban J connectivity index is 0.00000625. The number of ether oxygens (including phenoxy) is 1. The van der Waals surface area contributed by atoms with E-state index in [0.29, 0.717) is 17.2 Å². The summed E-state index contributed by atoms with van der Waals surface area (Å²) in [6, 6.07) is -0.0423. The number of aryl methyl sites for hydroxylation is 1. The SMILES string of the molecule is CCNC(=NCCC(C)(C)C)NC(C)c1nc(C)c(C(=O)OCC)s1.I. The molecule has 0 amide bonds. The molecule has 1 heterocycles. The first kappa shape index (κ1) is 25.1. The number of aromatic nitrogens is 1. The third-order valence-electron chi connectivity index (χ3n) is 3.47. The molecule has 1 unspecified atom stereocenters. The number of esters is 1. The summed E-state index contributed by atoms with van der Waals surface area (Å²) in [7, 11) is 0.